The van der Waals surface area contributed by atoms with Gasteiger partial charge in [0.25, 0.3) is 0 Å². The fourth-order valence-corrected chi connectivity index (χ4v) is 8.24. The van der Waals surface area contributed by atoms with Crippen LogP contribution in [0.1, 0.15) is 102 Å². The first-order valence-corrected chi connectivity index (χ1v) is 14.8. The molecule has 0 radical (unpaired) electrons. The lowest BCUT2D eigenvalue weighted by molar-refractivity contribution is -0.142. The number of fused-ring (bicyclic) bond motifs is 2. The first-order chi connectivity index (χ1) is 17.6. The minimum absolute atomic E-state index is 0.171. The van der Waals surface area contributed by atoms with E-state index >= 15 is 0 Å². The van der Waals surface area contributed by atoms with Gasteiger partial charge in [-0.05, 0) is 86.1 Å². The van der Waals surface area contributed by atoms with Crippen LogP contribution in [-0.2, 0) is 20.8 Å². The monoisotopic (exact) mass is 522 g/mol. The van der Waals surface area contributed by atoms with Gasteiger partial charge in [-0.15, -0.1) is 0 Å². The summed E-state index contributed by atoms with van der Waals surface area (Å²) in [5.41, 5.74) is 8.15. The maximum Gasteiger partial charge on any atom is 0.247 e. The van der Waals surface area contributed by atoms with E-state index in [0.717, 1.165) is 43.4 Å². The maximum atomic E-state index is 14.3. The molecule has 3 aliphatic rings. The van der Waals surface area contributed by atoms with Gasteiger partial charge in [-0.25, -0.2) is 0 Å². The Morgan fingerprint density at radius 1 is 1.03 bits per heavy atom. The quantitative estimate of drug-likeness (QED) is 0.359. The van der Waals surface area contributed by atoms with Crippen molar-refractivity contribution in [2.75, 3.05) is 11.4 Å². The number of benzene rings is 1. The minimum Gasteiger partial charge on any atom is -0.299 e. The Balaban J connectivity index is 2.02. The predicted molar refractivity (Wildman–Crippen MR) is 153 cm³/mol. The van der Waals surface area contributed by atoms with Crippen molar-refractivity contribution in [2.24, 2.45) is 5.92 Å². The number of aryl methyl sites for hydroxylation is 1. The van der Waals surface area contributed by atoms with Crippen LogP contribution < -0.4 is 4.90 Å². The largest absolute Gasteiger partial charge is 0.299 e. The van der Waals surface area contributed by atoms with Crippen LogP contribution in [0.25, 0.3) is 5.57 Å². The Bertz CT molecular complexity index is 1210. The van der Waals surface area contributed by atoms with Crippen molar-refractivity contribution in [3.8, 4) is 0 Å². The number of carbonyl (C=O) groups excluding carboxylic acids is 3. The molecule has 5 nitrogen and oxygen atoms in total. The normalized spacial score (nSPS) is 23.7. The molecule has 3 heterocycles. The smallest absolute Gasteiger partial charge is 0.247 e. The topological polar surface area (TPSA) is 57.7 Å². The first-order valence-electron chi connectivity index (χ1n) is 14.0. The highest BCUT2D eigenvalue weighted by Crippen LogP contribution is 2.60. The van der Waals surface area contributed by atoms with Crippen LogP contribution in [0.15, 0.2) is 21.4 Å². The molecule has 2 atom stereocenters. The van der Waals surface area contributed by atoms with E-state index in [1.54, 1.807) is 0 Å². The zero-order valence-corrected chi connectivity index (χ0v) is 24.7. The van der Waals surface area contributed by atoms with E-state index in [4.69, 9.17) is 0 Å². The van der Waals surface area contributed by atoms with E-state index in [1.807, 2.05) is 16.7 Å². The number of nitrogens with zero attached hydrogens (tertiary/aromatic N) is 2. The number of hydrogen-bond acceptors (Lipinski definition) is 4. The van der Waals surface area contributed by atoms with E-state index in [9.17, 15) is 14.4 Å². The van der Waals surface area contributed by atoms with Crippen LogP contribution in [-0.4, -0.2) is 34.7 Å². The van der Waals surface area contributed by atoms with Crippen LogP contribution in [0.4, 0.5) is 5.69 Å². The number of imide groups is 1. The fourth-order valence-electron chi connectivity index (χ4n) is 6.61. The van der Waals surface area contributed by atoms with Crippen LogP contribution in [0.3, 0.4) is 0 Å². The lowest BCUT2D eigenvalue weighted by atomic mass is 9.73. The van der Waals surface area contributed by atoms with Crippen molar-refractivity contribution in [1.82, 2.24) is 4.90 Å². The zero-order chi connectivity index (χ0) is 27.2. The number of anilines is 1. The van der Waals surface area contributed by atoms with Gasteiger partial charge >= 0.3 is 0 Å². The summed E-state index contributed by atoms with van der Waals surface area (Å²) in [4.78, 5) is 45.1. The Morgan fingerprint density at radius 3 is 2.19 bits per heavy atom. The molecule has 6 heteroatoms. The van der Waals surface area contributed by atoms with E-state index in [2.05, 4.69) is 61.5 Å². The van der Waals surface area contributed by atoms with Crippen molar-refractivity contribution in [1.29, 1.82) is 0 Å². The number of allylic oxidation sites excluding steroid dienone is 3. The molecule has 37 heavy (non-hydrogen) atoms. The van der Waals surface area contributed by atoms with Crippen LogP contribution in [0.2, 0.25) is 0 Å². The molecule has 1 aromatic carbocycles. The molecule has 0 bridgehead atoms. The lowest BCUT2D eigenvalue weighted by Gasteiger charge is -2.51. The molecule has 200 valence electrons. The number of carbonyl (C=O) groups is 3. The Kier molecular flexibility index (Phi) is 7.81. The molecule has 0 saturated carbocycles. The minimum atomic E-state index is -0.561. The molecule has 1 aromatic rings. The molecular formula is C31H42N2O3S. The highest BCUT2D eigenvalue weighted by atomic mass is 32.2. The Hall–Kier alpha value is -2.34. The van der Waals surface area contributed by atoms with Crippen LogP contribution >= 0.6 is 11.8 Å². The molecular weight excluding hydrogens is 480 g/mol. The van der Waals surface area contributed by atoms with Crippen LogP contribution in [0, 0.1) is 19.8 Å². The Morgan fingerprint density at radius 2 is 1.68 bits per heavy atom. The van der Waals surface area contributed by atoms with E-state index < -0.39 is 5.54 Å². The number of hydrogen-bond donors (Lipinski definition) is 0. The van der Waals surface area contributed by atoms with Gasteiger partial charge in [0.05, 0.1) is 11.2 Å². The first kappa shape index (κ1) is 27.7. The summed E-state index contributed by atoms with van der Waals surface area (Å²) in [6.07, 6.45) is 4.97. The van der Waals surface area contributed by atoms with Gasteiger partial charge < -0.3 is 0 Å². The number of amides is 3. The molecule has 3 amide bonds. The summed E-state index contributed by atoms with van der Waals surface area (Å²) in [6, 6.07) is 2.29. The summed E-state index contributed by atoms with van der Waals surface area (Å²) in [6.45, 7) is 17.4. The molecule has 0 N–H and O–H groups in total. The second-order valence-corrected chi connectivity index (χ2v) is 11.8. The molecule has 0 spiro atoms. The molecule has 1 fully saturated rings. The molecule has 3 aliphatic heterocycles. The summed E-state index contributed by atoms with van der Waals surface area (Å²) in [7, 11) is 0. The van der Waals surface area contributed by atoms with Gasteiger partial charge in [0.2, 0.25) is 17.7 Å². The Labute approximate surface area is 226 Å². The third kappa shape index (κ3) is 4.20. The average molecular weight is 523 g/mol. The van der Waals surface area contributed by atoms with Crippen molar-refractivity contribution < 1.29 is 14.4 Å². The predicted octanol–water partition coefficient (Wildman–Crippen LogP) is 7.09. The van der Waals surface area contributed by atoms with Crippen molar-refractivity contribution >= 4 is 40.7 Å². The van der Waals surface area contributed by atoms with Gasteiger partial charge in [0.15, 0.2) is 0 Å². The molecule has 0 aliphatic carbocycles. The zero-order valence-electron chi connectivity index (χ0n) is 23.8. The average Bonchev–Trinajstić information content (AvgIpc) is 3.20. The lowest BCUT2D eigenvalue weighted by Crippen LogP contribution is -2.57. The summed E-state index contributed by atoms with van der Waals surface area (Å²) in [5.74, 6) is -0.333. The van der Waals surface area contributed by atoms with Gasteiger partial charge in [0.1, 0.15) is 6.54 Å². The second kappa shape index (κ2) is 10.4. The highest BCUT2D eigenvalue weighted by Gasteiger charge is 2.50. The standard InChI is InChI=1S/C31H42N2O3S/c1-9-20-19(7)18(6)16-23-28-22(11-3)21(10-2)24(12-4)37-30(28)31(8,13-5)33(29(20)23)27(36)17-32-25(34)14-15-26(32)35/h16,22H,9-15,17H2,1-8H3. The van der Waals surface area contributed by atoms with Crippen molar-refractivity contribution in [2.45, 2.75) is 106 Å². The highest BCUT2D eigenvalue weighted by molar-refractivity contribution is 8.07. The van der Waals surface area contributed by atoms with Gasteiger partial charge in [-0.3, -0.25) is 24.2 Å². The summed E-state index contributed by atoms with van der Waals surface area (Å²) < 4.78 is 0. The van der Waals surface area contributed by atoms with Crippen molar-refractivity contribution in [3.05, 3.63) is 43.7 Å². The summed E-state index contributed by atoms with van der Waals surface area (Å²) in [5, 5.41) is 0. The van der Waals surface area contributed by atoms with Gasteiger partial charge in [-0.2, -0.15) is 0 Å². The maximum absolute atomic E-state index is 14.3. The number of rotatable bonds is 7. The van der Waals surface area contributed by atoms with E-state index in [-0.39, 0.29) is 37.1 Å². The number of likely N-dealkylation sites (tertiary alicyclic amines) is 1. The molecule has 2 unspecified atom stereocenters. The van der Waals surface area contributed by atoms with Crippen LogP contribution in [0.5, 0.6) is 0 Å². The third-order valence-corrected chi connectivity index (χ3v) is 10.6. The fraction of sp³-hybridized carbons (Fsp3) is 0.581. The van der Waals surface area contributed by atoms with Gasteiger partial charge in [-0.1, -0.05) is 52.0 Å². The molecule has 4 rings (SSSR count). The van der Waals surface area contributed by atoms with E-state index in [0.29, 0.717) is 5.92 Å². The third-order valence-electron chi connectivity index (χ3n) is 8.89. The number of thioether (sulfide) groups is 1. The molecule has 1 saturated heterocycles. The van der Waals surface area contributed by atoms with E-state index in [1.165, 1.54) is 42.5 Å². The summed E-state index contributed by atoms with van der Waals surface area (Å²) >= 11 is 1.87. The molecule has 0 aromatic heterocycles. The van der Waals surface area contributed by atoms with Gasteiger partial charge in [0, 0.05) is 29.2 Å². The second-order valence-electron chi connectivity index (χ2n) is 10.7. The van der Waals surface area contributed by atoms with Crippen molar-refractivity contribution in [3.63, 3.8) is 0 Å². The SMILES string of the molecule is CCC1=C(CC)C(CC)C2=C(S1)C(C)(CC)N(C(=O)CN1C(=O)CCC1=O)c1c2cc(C)c(C)c1CC.